The van der Waals surface area contributed by atoms with E-state index in [4.69, 9.17) is 4.98 Å². The molecule has 0 bridgehead atoms. The fraction of sp³-hybridized carbons (Fsp3) is 0.200. The van der Waals surface area contributed by atoms with Gasteiger partial charge in [0, 0.05) is 6.42 Å². The number of rotatable bonds is 4. The molecule has 2 aromatic heterocycles. The topological polar surface area (TPSA) is 39.3 Å². The molecule has 0 aliphatic carbocycles. The molecule has 0 unspecified atom stereocenters. The van der Waals surface area contributed by atoms with Gasteiger partial charge in [0.1, 0.15) is 5.69 Å². The number of ketones is 1. The van der Waals surface area contributed by atoms with E-state index in [9.17, 15) is 4.79 Å². The number of aryl methyl sites for hydroxylation is 1. The number of aromatic nitrogens is 3. The van der Waals surface area contributed by atoms with Crippen molar-refractivity contribution >= 4 is 22.6 Å². The van der Waals surface area contributed by atoms with Crippen molar-refractivity contribution < 1.29 is 4.79 Å². The van der Waals surface area contributed by atoms with Gasteiger partial charge < -0.3 is 4.57 Å². The van der Waals surface area contributed by atoms with Crippen LogP contribution in [0.4, 0.5) is 0 Å². The Morgan fingerprint density at radius 1 is 1.00 bits per heavy atom. The molecule has 0 spiro atoms. The summed E-state index contributed by atoms with van der Waals surface area (Å²) in [6.45, 7) is 4.54. The van der Waals surface area contributed by atoms with Gasteiger partial charge in [0.15, 0.2) is 5.78 Å². The van der Waals surface area contributed by atoms with Crippen LogP contribution < -0.4 is 0 Å². The molecule has 0 fully saturated rings. The van der Waals surface area contributed by atoms with Crippen LogP contribution in [0.2, 0.25) is 0 Å². The van der Waals surface area contributed by atoms with Gasteiger partial charge >= 0.3 is 0 Å². The third-order valence-corrected chi connectivity index (χ3v) is 4.46. The summed E-state index contributed by atoms with van der Waals surface area (Å²) in [6.07, 6.45) is 0.479. The quantitative estimate of drug-likeness (QED) is 0.528. The number of Topliss-reactive ketones (excluding diaryl/α,β-unsaturated/α-hetero) is 1. The maximum Gasteiger partial charge on any atom is 0.216 e. The van der Waals surface area contributed by atoms with Crippen LogP contribution in [0.5, 0.6) is 0 Å². The van der Waals surface area contributed by atoms with Gasteiger partial charge in [0.25, 0.3) is 0 Å². The standard InChI is InChI=1S/C20H19N3O/c1-3-18(24)19-14(2)21-20-22(13-15-9-5-4-6-10-15)16-11-7-8-12-17(16)23(19)20/h4-12H,3,13H2,1-2H3. The Morgan fingerprint density at radius 3 is 2.38 bits per heavy atom. The molecule has 2 heterocycles. The summed E-state index contributed by atoms with van der Waals surface area (Å²) in [7, 11) is 0. The van der Waals surface area contributed by atoms with E-state index in [1.165, 1.54) is 5.56 Å². The summed E-state index contributed by atoms with van der Waals surface area (Å²) >= 11 is 0. The zero-order valence-electron chi connectivity index (χ0n) is 13.9. The van der Waals surface area contributed by atoms with Crippen molar-refractivity contribution in [1.82, 2.24) is 14.0 Å². The fourth-order valence-corrected chi connectivity index (χ4v) is 3.33. The maximum absolute atomic E-state index is 12.5. The van der Waals surface area contributed by atoms with E-state index < -0.39 is 0 Å². The minimum atomic E-state index is 0.127. The number of para-hydroxylation sites is 2. The first kappa shape index (κ1) is 14.7. The van der Waals surface area contributed by atoms with Crippen LogP contribution in [0.1, 0.15) is 35.1 Å². The van der Waals surface area contributed by atoms with Gasteiger partial charge in [-0.3, -0.25) is 9.20 Å². The van der Waals surface area contributed by atoms with Gasteiger partial charge in [0.05, 0.1) is 23.3 Å². The lowest BCUT2D eigenvalue weighted by Gasteiger charge is -2.05. The first-order valence-corrected chi connectivity index (χ1v) is 8.24. The van der Waals surface area contributed by atoms with Gasteiger partial charge in [-0.25, -0.2) is 4.98 Å². The highest BCUT2D eigenvalue weighted by Gasteiger charge is 2.21. The molecule has 0 N–H and O–H groups in total. The van der Waals surface area contributed by atoms with E-state index in [2.05, 4.69) is 28.8 Å². The number of hydrogen-bond donors (Lipinski definition) is 0. The summed E-state index contributed by atoms with van der Waals surface area (Å²) in [5.41, 5.74) is 4.83. The Bertz CT molecular complexity index is 1040. The van der Waals surface area contributed by atoms with Crippen LogP contribution in [-0.2, 0) is 6.54 Å². The van der Waals surface area contributed by atoms with Crippen LogP contribution in [0.25, 0.3) is 16.8 Å². The van der Waals surface area contributed by atoms with E-state index in [0.717, 1.165) is 29.0 Å². The molecule has 0 saturated carbocycles. The summed E-state index contributed by atoms with van der Waals surface area (Å²) in [5, 5.41) is 0. The molecule has 4 nitrogen and oxygen atoms in total. The average molecular weight is 317 g/mol. The molecule has 0 amide bonds. The second-order valence-corrected chi connectivity index (χ2v) is 6.02. The first-order chi connectivity index (χ1) is 11.7. The Labute approximate surface area is 140 Å². The van der Waals surface area contributed by atoms with Crippen LogP contribution in [0.3, 0.4) is 0 Å². The smallest absolute Gasteiger partial charge is 0.216 e. The second kappa shape index (κ2) is 5.64. The number of hydrogen-bond acceptors (Lipinski definition) is 2. The number of benzene rings is 2. The Balaban J connectivity index is 2.03. The highest BCUT2D eigenvalue weighted by Crippen LogP contribution is 2.26. The second-order valence-electron chi connectivity index (χ2n) is 6.02. The van der Waals surface area contributed by atoms with Crippen molar-refractivity contribution in [2.24, 2.45) is 0 Å². The fourth-order valence-electron chi connectivity index (χ4n) is 3.33. The van der Waals surface area contributed by atoms with E-state index in [0.29, 0.717) is 12.1 Å². The molecule has 0 aliphatic heterocycles. The predicted molar refractivity (Wildman–Crippen MR) is 95.6 cm³/mol. The van der Waals surface area contributed by atoms with Crippen molar-refractivity contribution in [2.45, 2.75) is 26.8 Å². The van der Waals surface area contributed by atoms with Gasteiger partial charge in [-0.15, -0.1) is 0 Å². The molecular formula is C20H19N3O. The zero-order chi connectivity index (χ0) is 16.7. The van der Waals surface area contributed by atoms with E-state index in [1.807, 2.05) is 48.6 Å². The van der Waals surface area contributed by atoms with Crippen molar-refractivity contribution in [1.29, 1.82) is 0 Å². The number of fused-ring (bicyclic) bond motifs is 3. The molecule has 2 aromatic carbocycles. The molecule has 0 aliphatic rings. The van der Waals surface area contributed by atoms with E-state index in [1.54, 1.807) is 0 Å². The Kier molecular flexibility index (Phi) is 3.45. The minimum Gasteiger partial charge on any atom is -0.305 e. The lowest BCUT2D eigenvalue weighted by Crippen LogP contribution is -2.03. The van der Waals surface area contributed by atoms with Crippen LogP contribution in [-0.4, -0.2) is 19.7 Å². The number of nitrogens with zero attached hydrogens (tertiary/aromatic N) is 3. The van der Waals surface area contributed by atoms with Crippen LogP contribution in [0.15, 0.2) is 54.6 Å². The molecule has 0 radical (unpaired) electrons. The van der Waals surface area contributed by atoms with Crippen molar-refractivity contribution in [3.63, 3.8) is 0 Å². The highest BCUT2D eigenvalue weighted by atomic mass is 16.1. The van der Waals surface area contributed by atoms with Gasteiger partial charge in [0.2, 0.25) is 5.78 Å². The summed E-state index contributed by atoms with van der Waals surface area (Å²) in [6, 6.07) is 18.5. The summed E-state index contributed by atoms with van der Waals surface area (Å²) in [4.78, 5) is 17.2. The van der Waals surface area contributed by atoms with Gasteiger partial charge in [-0.1, -0.05) is 49.4 Å². The molecule has 4 heteroatoms. The monoisotopic (exact) mass is 317 g/mol. The SMILES string of the molecule is CCC(=O)c1c(C)nc2n(Cc3ccccc3)c3ccccc3n12. The van der Waals surface area contributed by atoms with Crippen LogP contribution >= 0.6 is 0 Å². The number of carbonyl (C=O) groups excluding carboxylic acids is 1. The van der Waals surface area contributed by atoms with Gasteiger partial charge in [-0.05, 0) is 24.6 Å². The van der Waals surface area contributed by atoms with Crippen LogP contribution in [0, 0.1) is 6.92 Å². The van der Waals surface area contributed by atoms with Gasteiger partial charge in [-0.2, -0.15) is 0 Å². The molecule has 120 valence electrons. The molecule has 4 aromatic rings. The zero-order valence-corrected chi connectivity index (χ0v) is 13.9. The Hall–Kier alpha value is -2.88. The third-order valence-electron chi connectivity index (χ3n) is 4.46. The summed E-state index contributed by atoms with van der Waals surface area (Å²) in [5.74, 6) is 0.956. The molecular weight excluding hydrogens is 298 g/mol. The molecule has 0 atom stereocenters. The van der Waals surface area contributed by atoms with Crippen molar-refractivity contribution in [3.05, 3.63) is 71.5 Å². The predicted octanol–water partition coefficient (Wildman–Crippen LogP) is 4.24. The largest absolute Gasteiger partial charge is 0.305 e. The lowest BCUT2D eigenvalue weighted by molar-refractivity contribution is 0.0982. The van der Waals surface area contributed by atoms with E-state index >= 15 is 0 Å². The van der Waals surface area contributed by atoms with Crippen molar-refractivity contribution in [2.75, 3.05) is 0 Å². The average Bonchev–Trinajstić information content (AvgIpc) is 3.10. The lowest BCUT2D eigenvalue weighted by atomic mass is 10.2. The third kappa shape index (κ3) is 2.14. The summed E-state index contributed by atoms with van der Waals surface area (Å²) < 4.78 is 4.20. The molecule has 4 rings (SSSR count). The highest BCUT2D eigenvalue weighted by molar-refractivity contribution is 5.98. The molecule has 24 heavy (non-hydrogen) atoms. The van der Waals surface area contributed by atoms with E-state index in [-0.39, 0.29) is 5.78 Å². The number of imidazole rings is 2. The Morgan fingerprint density at radius 2 is 1.67 bits per heavy atom. The molecule has 0 saturated heterocycles. The first-order valence-electron chi connectivity index (χ1n) is 8.24. The normalized spacial score (nSPS) is 11.4. The maximum atomic E-state index is 12.5. The minimum absolute atomic E-state index is 0.127. The van der Waals surface area contributed by atoms with Crippen molar-refractivity contribution in [3.8, 4) is 0 Å². The number of carbonyl (C=O) groups is 1.